The lowest BCUT2D eigenvalue weighted by Gasteiger charge is -2.06. The molecule has 0 aliphatic carbocycles. The van der Waals surface area contributed by atoms with E-state index in [1.807, 2.05) is 20.8 Å². The second kappa shape index (κ2) is 4.98. The first-order valence-corrected chi connectivity index (χ1v) is 6.23. The standard InChI is InChI=1S/C11H11ClN4S/c1-6-7(2)14-11(15-8(6)3)17-10-5-13-4-9(12)16-10/h4-5H,1-3H3. The van der Waals surface area contributed by atoms with Crippen LogP contribution in [0.2, 0.25) is 5.15 Å². The molecule has 2 aromatic heterocycles. The monoisotopic (exact) mass is 266 g/mol. The molecule has 0 aromatic carbocycles. The minimum Gasteiger partial charge on any atom is -0.259 e. The summed E-state index contributed by atoms with van der Waals surface area (Å²) in [6, 6.07) is 0. The maximum absolute atomic E-state index is 5.77. The summed E-state index contributed by atoms with van der Waals surface area (Å²) in [4.78, 5) is 16.9. The molecular formula is C11H11ClN4S. The van der Waals surface area contributed by atoms with Gasteiger partial charge in [-0.25, -0.2) is 15.0 Å². The van der Waals surface area contributed by atoms with Crippen molar-refractivity contribution in [3.8, 4) is 0 Å². The van der Waals surface area contributed by atoms with Crippen LogP contribution in [-0.2, 0) is 0 Å². The predicted molar refractivity (Wildman–Crippen MR) is 67.4 cm³/mol. The first kappa shape index (κ1) is 12.3. The van der Waals surface area contributed by atoms with Gasteiger partial charge in [0.15, 0.2) is 5.16 Å². The minimum absolute atomic E-state index is 0.371. The van der Waals surface area contributed by atoms with Gasteiger partial charge in [0.05, 0.1) is 12.4 Å². The molecule has 0 saturated heterocycles. The molecule has 0 aliphatic heterocycles. The van der Waals surface area contributed by atoms with E-state index in [2.05, 4.69) is 19.9 Å². The summed E-state index contributed by atoms with van der Waals surface area (Å²) in [5.74, 6) is 0. The molecule has 0 saturated carbocycles. The average molecular weight is 267 g/mol. The van der Waals surface area contributed by atoms with Crippen molar-refractivity contribution in [1.82, 2.24) is 19.9 Å². The molecule has 0 unspecified atom stereocenters. The van der Waals surface area contributed by atoms with Crippen molar-refractivity contribution in [2.75, 3.05) is 0 Å². The number of aromatic nitrogens is 4. The summed E-state index contributed by atoms with van der Waals surface area (Å²) in [6.07, 6.45) is 3.14. The number of hydrogen-bond acceptors (Lipinski definition) is 5. The van der Waals surface area contributed by atoms with Gasteiger partial charge in [0.1, 0.15) is 10.2 Å². The molecule has 2 heterocycles. The fourth-order valence-corrected chi connectivity index (χ4v) is 2.26. The molecule has 0 fully saturated rings. The Morgan fingerprint density at radius 2 is 1.65 bits per heavy atom. The van der Waals surface area contributed by atoms with Crippen LogP contribution in [0, 0.1) is 20.8 Å². The van der Waals surface area contributed by atoms with Crippen molar-refractivity contribution < 1.29 is 0 Å². The average Bonchev–Trinajstić information content (AvgIpc) is 2.26. The van der Waals surface area contributed by atoms with Gasteiger partial charge in [0.2, 0.25) is 0 Å². The molecule has 88 valence electrons. The van der Waals surface area contributed by atoms with Crippen LogP contribution in [0.15, 0.2) is 22.6 Å². The zero-order valence-electron chi connectivity index (χ0n) is 9.73. The molecule has 0 N–H and O–H groups in total. The number of nitrogens with zero attached hydrogens (tertiary/aromatic N) is 4. The van der Waals surface area contributed by atoms with Gasteiger partial charge in [-0.3, -0.25) is 4.98 Å². The fraction of sp³-hybridized carbons (Fsp3) is 0.273. The third-order valence-electron chi connectivity index (χ3n) is 2.39. The molecular weight excluding hydrogens is 256 g/mol. The van der Waals surface area contributed by atoms with Crippen LogP contribution in [0.25, 0.3) is 0 Å². The Morgan fingerprint density at radius 3 is 2.24 bits per heavy atom. The van der Waals surface area contributed by atoms with Crippen LogP contribution >= 0.6 is 23.4 Å². The number of hydrogen-bond donors (Lipinski definition) is 0. The van der Waals surface area contributed by atoms with Crippen molar-refractivity contribution >= 4 is 23.4 Å². The van der Waals surface area contributed by atoms with E-state index >= 15 is 0 Å². The first-order chi connectivity index (χ1) is 8.06. The Labute approximate surface area is 109 Å². The van der Waals surface area contributed by atoms with Gasteiger partial charge in [-0.1, -0.05) is 11.6 Å². The molecule has 0 bridgehead atoms. The highest BCUT2D eigenvalue weighted by Gasteiger charge is 2.07. The Hall–Kier alpha value is -1.20. The number of halogens is 1. The molecule has 17 heavy (non-hydrogen) atoms. The summed E-state index contributed by atoms with van der Waals surface area (Å²) in [5.41, 5.74) is 3.08. The zero-order chi connectivity index (χ0) is 12.4. The molecule has 4 nitrogen and oxygen atoms in total. The molecule has 0 atom stereocenters. The number of aryl methyl sites for hydroxylation is 2. The van der Waals surface area contributed by atoms with Crippen LogP contribution in [0.4, 0.5) is 0 Å². The molecule has 0 radical (unpaired) electrons. The Bertz CT molecular complexity index is 536. The van der Waals surface area contributed by atoms with E-state index < -0.39 is 0 Å². The normalized spacial score (nSPS) is 10.6. The van der Waals surface area contributed by atoms with Crippen LogP contribution in [0.5, 0.6) is 0 Å². The number of rotatable bonds is 2. The summed E-state index contributed by atoms with van der Waals surface area (Å²) in [5, 5.41) is 1.73. The van der Waals surface area contributed by atoms with Gasteiger partial charge in [0.25, 0.3) is 0 Å². The van der Waals surface area contributed by atoms with Gasteiger partial charge >= 0.3 is 0 Å². The van der Waals surface area contributed by atoms with Crippen molar-refractivity contribution in [1.29, 1.82) is 0 Å². The lowest BCUT2D eigenvalue weighted by atomic mass is 10.2. The van der Waals surface area contributed by atoms with Crippen LogP contribution < -0.4 is 0 Å². The highest BCUT2D eigenvalue weighted by atomic mass is 35.5. The fourth-order valence-electron chi connectivity index (χ4n) is 1.26. The third kappa shape index (κ3) is 2.92. The molecule has 0 amide bonds. The molecule has 0 aliphatic rings. The van der Waals surface area contributed by atoms with Gasteiger partial charge in [-0.15, -0.1) is 0 Å². The van der Waals surface area contributed by atoms with Crippen molar-refractivity contribution in [3.63, 3.8) is 0 Å². The third-order valence-corrected chi connectivity index (χ3v) is 3.34. The van der Waals surface area contributed by atoms with E-state index in [0.717, 1.165) is 17.0 Å². The van der Waals surface area contributed by atoms with Crippen molar-refractivity contribution in [3.05, 3.63) is 34.5 Å². The maximum atomic E-state index is 5.77. The van der Waals surface area contributed by atoms with E-state index in [4.69, 9.17) is 11.6 Å². The quantitative estimate of drug-likeness (QED) is 0.782. The van der Waals surface area contributed by atoms with Gasteiger partial charge in [-0.2, -0.15) is 0 Å². The highest BCUT2D eigenvalue weighted by Crippen LogP contribution is 2.24. The summed E-state index contributed by atoms with van der Waals surface area (Å²) in [6.45, 7) is 5.95. The summed E-state index contributed by atoms with van der Waals surface area (Å²) in [7, 11) is 0. The molecule has 2 rings (SSSR count). The van der Waals surface area contributed by atoms with E-state index in [-0.39, 0.29) is 0 Å². The Morgan fingerprint density at radius 1 is 1.00 bits per heavy atom. The molecule has 0 spiro atoms. The van der Waals surface area contributed by atoms with Gasteiger partial charge < -0.3 is 0 Å². The van der Waals surface area contributed by atoms with E-state index in [1.165, 1.54) is 18.0 Å². The molecule has 2 aromatic rings. The predicted octanol–water partition coefficient (Wildman–Crippen LogP) is 3.00. The first-order valence-electron chi connectivity index (χ1n) is 5.03. The van der Waals surface area contributed by atoms with Crippen molar-refractivity contribution in [2.24, 2.45) is 0 Å². The van der Waals surface area contributed by atoms with Crippen LogP contribution in [0.3, 0.4) is 0 Å². The van der Waals surface area contributed by atoms with E-state index in [1.54, 1.807) is 6.20 Å². The summed E-state index contributed by atoms with van der Waals surface area (Å²) >= 11 is 7.13. The van der Waals surface area contributed by atoms with E-state index in [0.29, 0.717) is 15.3 Å². The Kier molecular flexibility index (Phi) is 3.59. The smallest absolute Gasteiger partial charge is 0.194 e. The maximum Gasteiger partial charge on any atom is 0.194 e. The SMILES string of the molecule is Cc1nc(Sc2cncc(Cl)n2)nc(C)c1C. The van der Waals surface area contributed by atoms with Gasteiger partial charge in [0, 0.05) is 11.4 Å². The highest BCUT2D eigenvalue weighted by molar-refractivity contribution is 7.99. The van der Waals surface area contributed by atoms with Crippen LogP contribution in [-0.4, -0.2) is 19.9 Å². The lowest BCUT2D eigenvalue weighted by Crippen LogP contribution is -1.98. The minimum atomic E-state index is 0.371. The topological polar surface area (TPSA) is 51.6 Å². The molecule has 6 heteroatoms. The van der Waals surface area contributed by atoms with Gasteiger partial charge in [-0.05, 0) is 38.1 Å². The zero-order valence-corrected chi connectivity index (χ0v) is 11.3. The lowest BCUT2D eigenvalue weighted by molar-refractivity contribution is 0.877. The second-order valence-corrected chi connectivity index (χ2v) is 4.96. The Balaban J connectivity index is 2.31. The van der Waals surface area contributed by atoms with Crippen molar-refractivity contribution in [2.45, 2.75) is 31.0 Å². The summed E-state index contributed by atoms with van der Waals surface area (Å²) < 4.78 is 0. The second-order valence-electron chi connectivity index (χ2n) is 3.58. The van der Waals surface area contributed by atoms with E-state index in [9.17, 15) is 0 Å². The largest absolute Gasteiger partial charge is 0.259 e. The van der Waals surface area contributed by atoms with Crippen LogP contribution in [0.1, 0.15) is 17.0 Å².